The summed E-state index contributed by atoms with van der Waals surface area (Å²) in [5, 5.41) is 2.73. The third-order valence-electron chi connectivity index (χ3n) is 2.89. The zero-order valence-corrected chi connectivity index (χ0v) is 11.5. The Hall–Kier alpha value is -1.59. The van der Waals surface area contributed by atoms with Gasteiger partial charge < -0.3 is 15.8 Å². The second-order valence-electron chi connectivity index (χ2n) is 4.41. The van der Waals surface area contributed by atoms with E-state index < -0.39 is 5.54 Å². The lowest BCUT2D eigenvalue weighted by Crippen LogP contribution is -2.37. The molecule has 1 amide bonds. The van der Waals surface area contributed by atoms with Crippen LogP contribution < -0.4 is 11.1 Å². The average Bonchev–Trinajstić information content (AvgIpc) is 3.10. The molecule has 5 nitrogen and oxygen atoms in total. The minimum atomic E-state index is -0.695. The van der Waals surface area contributed by atoms with Crippen LogP contribution in [0.3, 0.4) is 0 Å². The maximum absolute atomic E-state index is 11.7. The summed E-state index contributed by atoms with van der Waals surface area (Å²) in [7, 11) is 0. The van der Waals surface area contributed by atoms with Crippen molar-refractivity contribution in [1.82, 2.24) is 0 Å². The molecule has 0 aliphatic heterocycles. The number of anilines is 1. The fourth-order valence-corrected chi connectivity index (χ4v) is 1.52. The molecule has 0 heterocycles. The van der Waals surface area contributed by atoms with Crippen LogP contribution in [0.2, 0.25) is 0 Å². The summed E-state index contributed by atoms with van der Waals surface area (Å²) in [6, 6.07) is 6.55. The molecule has 1 aliphatic carbocycles. The van der Waals surface area contributed by atoms with Gasteiger partial charge in [-0.15, -0.1) is 12.4 Å². The highest BCUT2D eigenvalue weighted by atomic mass is 35.5. The molecule has 1 saturated carbocycles. The topological polar surface area (TPSA) is 81.4 Å². The molecule has 2 rings (SSSR count). The Balaban J connectivity index is 0.00000180. The van der Waals surface area contributed by atoms with Crippen molar-refractivity contribution >= 4 is 30.0 Å². The predicted octanol–water partition coefficient (Wildman–Crippen LogP) is 1.71. The lowest BCUT2D eigenvalue weighted by molar-refractivity contribution is -0.118. The number of benzene rings is 1. The standard InChI is InChI=1S/C13H16N2O3.ClH/c1-2-18-11(16)9-3-5-10(6-4-9)15-12(17)13(14)7-8-13;/h3-6H,2,7-8,14H2,1H3,(H,15,17);1H. The minimum absolute atomic E-state index is 0. The van der Waals surface area contributed by atoms with Gasteiger partial charge in [0.1, 0.15) is 0 Å². The van der Waals surface area contributed by atoms with Gasteiger partial charge in [0.25, 0.3) is 0 Å². The van der Waals surface area contributed by atoms with Crippen LogP contribution in [0, 0.1) is 0 Å². The number of hydrogen-bond donors (Lipinski definition) is 2. The summed E-state index contributed by atoms with van der Waals surface area (Å²) >= 11 is 0. The molecular formula is C13H17ClN2O3. The number of amides is 1. The number of ether oxygens (including phenoxy) is 1. The number of nitrogens with one attached hydrogen (secondary N) is 1. The normalized spacial score (nSPS) is 15.1. The van der Waals surface area contributed by atoms with Gasteiger partial charge in [-0.1, -0.05) is 0 Å². The number of esters is 1. The lowest BCUT2D eigenvalue weighted by atomic mass is 10.2. The molecule has 1 aromatic rings. The Morgan fingerprint density at radius 2 is 1.89 bits per heavy atom. The largest absolute Gasteiger partial charge is 0.462 e. The van der Waals surface area contributed by atoms with Gasteiger partial charge in [0.2, 0.25) is 5.91 Å². The zero-order valence-electron chi connectivity index (χ0n) is 10.6. The highest BCUT2D eigenvalue weighted by Gasteiger charge is 2.45. The van der Waals surface area contributed by atoms with Crippen LogP contribution in [-0.4, -0.2) is 24.0 Å². The van der Waals surface area contributed by atoms with E-state index >= 15 is 0 Å². The zero-order chi connectivity index (χ0) is 13.2. The van der Waals surface area contributed by atoms with Crippen LogP contribution in [0.1, 0.15) is 30.1 Å². The molecule has 0 radical (unpaired) electrons. The van der Waals surface area contributed by atoms with E-state index in [0.717, 1.165) is 12.8 Å². The first-order chi connectivity index (χ1) is 8.55. The van der Waals surface area contributed by atoms with Crippen molar-refractivity contribution < 1.29 is 14.3 Å². The van der Waals surface area contributed by atoms with Gasteiger partial charge in [-0.25, -0.2) is 4.79 Å². The Kier molecular flexibility index (Phi) is 4.91. The molecule has 1 aromatic carbocycles. The molecule has 1 fully saturated rings. The Bertz CT molecular complexity index is 469. The fourth-order valence-electron chi connectivity index (χ4n) is 1.52. The first-order valence-corrected chi connectivity index (χ1v) is 5.93. The van der Waals surface area contributed by atoms with Crippen molar-refractivity contribution in [1.29, 1.82) is 0 Å². The lowest BCUT2D eigenvalue weighted by Gasteiger charge is -2.10. The fraction of sp³-hybridized carbons (Fsp3) is 0.385. The van der Waals surface area contributed by atoms with Crippen LogP contribution in [-0.2, 0) is 9.53 Å². The van der Waals surface area contributed by atoms with Crippen molar-refractivity contribution in [2.24, 2.45) is 5.73 Å². The van der Waals surface area contributed by atoms with Gasteiger partial charge in [0.05, 0.1) is 17.7 Å². The molecule has 0 unspecified atom stereocenters. The van der Waals surface area contributed by atoms with Crippen molar-refractivity contribution in [3.63, 3.8) is 0 Å². The van der Waals surface area contributed by atoms with Crippen molar-refractivity contribution in [2.45, 2.75) is 25.3 Å². The predicted molar refractivity (Wildman–Crippen MR) is 74.4 cm³/mol. The average molecular weight is 285 g/mol. The van der Waals surface area contributed by atoms with E-state index in [1.165, 1.54) is 0 Å². The van der Waals surface area contributed by atoms with E-state index in [-0.39, 0.29) is 24.3 Å². The smallest absolute Gasteiger partial charge is 0.338 e. The van der Waals surface area contributed by atoms with Crippen LogP contribution in [0.25, 0.3) is 0 Å². The number of rotatable bonds is 4. The van der Waals surface area contributed by atoms with Crippen LogP contribution in [0.4, 0.5) is 5.69 Å². The summed E-state index contributed by atoms with van der Waals surface area (Å²) < 4.78 is 4.87. The van der Waals surface area contributed by atoms with Crippen LogP contribution in [0.15, 0.2) is 24.3 Å². The van der Waals surface area contributed by atoms with Crippen LogP contribution >= 0.6 is 12.4 Å². The van der Waals surface area contributed by atoms with Gasteiger partial charge in [0, 0.05) is 5.69 Å². The van der Waals surface area contributed by atoms with Crippen molar-refractivity contribution in [3.8, 4) is 0 Å². The third kappa shape index (κ3) is 3.68. The molecule has 104 valence electrons. The third-order valence-corrected chi connectivity index (χ3v) is 2.89. The molecule has 0 aromatic heterocycles. The number of carbonyl (C=O) groups excluding carboxylic acids is 2. The van der Waals surface area contributed by atoms with E-state index in [1.54, 1.807) is 31.2 Å². The summed E-state index contributed by atoms with van der Waals surface area (Å²) in [6.07, 6.45) is 1.44. The summed E-state index contributed by atoms with van der Waals surface area (Å²) in [4.78, 5) is 23.1. The molecule has 6 heteroatoms. The molecule has 0 saturated heterocycles. The van der Waals surface area contributed by atoms with E-state index in [4.69, 9.17) is 10.5 Å². The highest BCUT2D eigenvalue weighted by molar-refractivity contribution is 6.00. The molecular weight excluding hydrogens is 268 g/mol. The van der Waals surface area contributed by atoms with Crippen molar-refractivity contribution in [2.75, 3.05) is 11.9 Å². The summed E-state index contributed by atoms with van der Waals surface area (Å²) in [5.41, 5.74) is 6.17. The minimum Gasteiger partial charge on any atom is -0.462 e. The van der Waals surface area contributed by atoms with Crippen molar-refractivity contribution in [3.05, 3.63) is 29.8 Å². The SMILES string of the molecule is CCOC(=O)c1ccc(NC(=O)C2(N)CC2)cc1.Cl. The molecule has 0 spiro atoms. The maximum Gasteiger partial charge on any atom is 0.338 e. The van der Waals surface area contributed by atoms with Gasteiger partial charge in [-0.05, 0) is 44.0 Å². The van der Waals surface area contributed by atoms with E-state index in [1.807, 2.05) is 0 Å². The van der Waals surface area contributed by atoms with Gasteiger partial charge in [0.15, 0.2) is 0 Å². The number of halogens is 1. The van der Waals surface area contributed by atoms with E-state index in [2.05, 4.69) is 5.32 Å². The second-order valence-corrected chi connectivity index (χ2v) is 4.41. The molecule has 1 aliphatic rings. The monoisotopic (exact) mass is 284 g/mol. The van der Waals surface area contributed by atoms with Crippen LogP contribution in [0.5, 0.6) is 0 Å². The molecule has 0 bridgehead atoms. The van der Waals surface area contributed by atoms with E-state index in [0.29, 0.717) is 17.9 Å². The van der Waals surface area contributed by atoms with Gasteiger partial charge in [-0.3, -0.25) is 4.79 Å². The number of carbonyl (C=O) groups is 2. The summed E-state index contributed by atoms with van der Waals surface area (Å²) in [5.74, 6) is -0.542. The second kappa shape index (κ2) is 6.04. The Morgan fingerprint density at radius 3 is 2.37 bits per heavy atom. The van der Waals surface area contributed by atoms with E-state index in [9.17, 15) is 9.59 Å². The Morgan fingerprint density at radius 1 is 1.32 bits per heavy atom. The molecule has 0 atom stereocenters. The maximum atomic E-state index is 11.7. The Labute approximate surface area is 117 Å². The highest BCUT2D eigenvalue weighted by Crippen LogP contribution is 2.33. The quantitative estimate of drug-likeness (QED) is 0.825. The summed E-state index contributed by atoms with van der Waals surface area (Å²) in [6.45, 7) is 2.09. The molecule has 3 N–H and O–H groups in total. The first kappa shape index (κ1) is 15.5. The van der Waals surface area contributed by atoms with Gasteiger partial charge in [-0.2, -0.15) is 0 Å². The molecule has 19 heavy (non-hydrogen) atoms. The number of nitrogens with two attached hydrogens (primary N) is 1. The number of hydrogen-bond acceptors (Lipinski definition) is 4. The van der Waals surface area contributed by atoms with Gasteiger partial charge >= 0.3 is 5.97 Å². The first-order valence-electron chi connectivity index (χ1n) is 5.93.